The summed E-state index contributed by atoms with van der Waals surface area (Å²) in [6, 6.07) is 5.05. The maximum atomic E-state index is 13.3. The molecule has 1 atom stereocenters. The van der Waals surface area contributed by atoms with Crippen molar-refractivity contribution >= 4 is 34.2 Å². The standard InChI is InChI=1S/C23H28F3N7O/c1-13(2)29-22-31-19-12-28-20(33-4-6-34-7-5-33)11-18(19)21(32-22)30-14(3)15-8-16(23(24,25)26)10-17(27)9-15/h8-14H,4-7,27H2,1-3H3,(H2,29,30,31,32). The quantitative estimate of drug-likeness (QED) is 0.450. The van der Waals surface area contributed by atoms with Gasteiger partial charge in [0.25, 0.3) is 0 Å². The number of rotatable bonds is 6. The zero-order valence-electron chi connectivity index (χ0n) is 19.3. The smallest absolute Gasteiger partial charge is 0.399 e. The van der Waals surface area contributed by atoms with Crippen LogP contribution in [0.2, 0.25) is 0 Å². The number of hydrogen-bond donors (Lipinski definition) is 3. The van der Waals surface area contributed by atoms with E-state index in [1.54, 1.807) is 13.1 Å². The molecule has 0 spiro atoms. The highest BCUT2D eigenvalue weighted by Crippen LogP contribution is 2.34. The molecule has 1 aliphatic heterocycles. The molecule has 0 aliphatic carbocycles. The summed E-state index contributed by atoms with van der Waals surface area (Å²) < 4.78 is 45.4. The number of halogens is 3. The lowest BCUT2D eigenvalue weighted by atomic mass is 10.0. The molecular weight excluding hydrogens is 447 g/mol. The van der Waals surface area contributed by atoms with E-state index in [4.69, 9.17) is 10.5 Å². The lowest BCUT2D eigenvalue weighted by Gasteiger charge is -2.28. The van der Waals surface area contributed by atoms with Crippen LogP contribution in [0.25, 0.3) is 10.9 Å². The first-order valence-electron chi connectivity index (χ1n) is 11.1. The second-order valence-electron chi connectivity index (χ2n) is 8.61. The van der Waals surface area contributed by atoms with E-state index in [0.29, 0.717) is 36.1 Å². The van der Waals surface area contributed by atoms with Gasteiger partial charge in [-0.2, -0.15) is 18.2 Å². The first-order valence-corrected chi connectivity index (χ1v) is 11.1. The van der Waals surface area contributed by atoms with E-state index in [1.807, 2.05) is 19.9 Å². The van der Waals surface area contributed by atoms with E-state index >= 15 is 0 Å². The van der Waals surface area contributed by atoms with Gasteiger partial charge in [-0.25, -0.2) is 9.97 Å². The molecule has 11 heteroatoms. The second kappa shape index (κ2) is 9.49. The first kappa shape index (κ1) is 23.8. The molecule has 1 aromatic carbocycles. The average molecular weight is 476 g/mol. The number of nitrogens with two attached hydrogens (primary N) is 1. The summed E-state index contributed by atoms with van der Waals surface area (Å²) in [5.74, 6) is 1.67. The Kier molecular flexibility index (Phi) is 6.65. The number of ether oxygens (including phenoxy) is 1. The van der Waals surface area contributed by atoms with Crippen LogP contribution in [0, 0.1) is 0 Å². The number of nitrogens with zero attached hydrogens (tertiary/aromatic N) is 4. The van der Waals surface area contributed by atoms with Gasteiger partial charge in [-0.1, -0.05) is 0 Å². The molecule has 0 amide bonds. The fraction of sp³-hybridized carbons (Fsp3) is 0.435. The van der Waals surface area contributed by atoms with Gasteiger partial charge in [0.1, 0.15) is 11.6 Å². The molecule has 0 saturated carbocycles. The SMILES string of the molecule is CC(C)Nc1nc(NC(C)c2cc(N)cc(C(F)(F)F)c2)c2cc(N3CCOCC3)ncc2n1. The van der Waals surface area contributed by atoms with Crippen molar-refractivity contribution in [3.8, 4) is 0 Å². The van der Waals surface area contributed by atoms with Crippen LogP contribution in [0.1, 0.15) is 37.9 Å². The third kappa shape index (κ3) is 5.41. The Labute approximate surface area is 195 Å². The van der Waals surface area contributed by atoms with Crippen LogP contribution in [0.15, 0.2) is 30.5 Å². The predicted molar refractivity (Wildman–Crippen MR) is 127 cm³/mol. The number of hydrogen-bond acceptors (Lipinski definition) is 8. The van der Waals surface area contributed by atoms with Crippen LogP contribution < -0.4 is 21.3 Å². The van der Waals surface area contributed by atoms with Gasteiger partial charge in [-0.3, -0.25) is 0 Å². The number of pyridine rings is 1. The van der Waals surface area contributed by atoms with Crippen molar-refractivity contribution in [2.45, 2.75) is 39.0 Å². The van der Waals surface area contributed by atoms with Gasteiger partial charge in [0.15, 0.2) is 0 Å². The van der Waals surface area contributed by atoms with Crippen LogP contribution in [-0.2, 0) is 10.9 Å². The molecule has 0 bridgehead atoms. The minimum absolute atomic E-state index is 0.0481. The average Bonchev–Trinajstić information content (AvgIpc) is 2.78. The number of aromatic nitrogens is 3. The van der Waals surface area contributed by atoms with Gasteiger partial charge < -0.3 is 26.0 Å². The first-order chi connectivity index (χ1) is 16.1. The fourth-order valence-electron chi connectivity index (χ4n) is 3.80. The molecule has 4 N–H and O–H groups in total. The monoisotopic (exact) mass is 475 g/mol. The Morgan fingerprint density at radius 2 is 1.76 bits per heavy atom. The number of morpholine rings is 1. The molecule has 3 heterocycles. The molecule has 8 nitrogen and oxygen atoms in total. The van der Waals surface area contributed by atoms with Gasteiger partial charge in [0, 0.05) is 30.2 Å². The molecule has 4 rings (SSSR count). The molecule has 3 aromatic rings. The van der Waals surface area contributed by atoms with Gasteiger partial charge in [0.2, 0.25) is 5.95 Å². The Morgan fingerprint density at radius 1 is 1.03 bits per heavy atom. The van der Waals surface area contributed by atoms with Crippen LogP contribution in [-0.4, -0.2) is 47.3 Å². The molecule has 2 aromatic heterocycles. The van der Waals surface area contributed by atoms with Crippen molar-refractivity contribution in [1.82, 2.24) is 15.0 Å². The lowest BCUT2D eigenvalue weighted by molar-refractivity contribution is -0.137. The van der Waals surface area contributed by atoms with Gasteiger partial charge in [-0.15, -0.1) is 0 Å². The number of fused-ring (bicyclic) bond motifs is 1. The van der Waals surface area contributed by atoms with Gasteiger partial charge in [0.05, 0.1) is 36.5 Å². The summed E-state index contributed by atoms with van der Waals surface area (Å²) in [5.41, 5.74) is 6.05. The van der Waals surface area contributed by atoms with Crippen molar-refractivity contribution in [1.29, 1.82) is 0 Å². The summed E-state index contributed by atoms with van der Waals surface area (Å²) in [4.78, 5) is 15.9. The normalized spacial score (nSPS) is 15.6. The fourth-order valence-corrected chi connectivity index (χ4v) is 3.80. The summed E-state index contributed by atoms with van der Waals surface area (Å²) in [7, 11) is 0. The molecule has 0 radical (unpaired) electrons. The van der Waals surface area contributed by atoms with E-state index in [2.05, 4.69) is 30.5 Å². The van der Waals surface area contributed by atoms with Crippen LogP contribution in [0.3, 0.4) is 0 Å². The number of alkyl halides is 3. The number of benzene rings is 1. The second-order valence-corrected chi connectivity index (χ2v) is 8.61. The molecule has 1 saturated heterocycles. The van der Waals surface area contributed by atoms with Gasteiger partial charge in [-0.05, 0) is 50.6 Å². The summed E-state index contributed by atoms with van der Waals surface area (Å²) in [5, 5.41) is 7.17. The van der Waals surface area contributed by atoms with E-state index in [1.165, 1.54) is 6.07 Å². The number of anilines is 4. The van der Waals surface area contributed by atoms with E-state index in [-0.39, 0.29) is 11.7 Å². The highest BCUT2D eigenvalue weighted by Gasteiger charge is 2.31. The van der Waals surface area contributed by atoms with Crippen molar-refractivity contribution in [3.05, 3.63) is 41.6 Å². The molecule has 182 valence electrons. The van der Waals surface area contributed by atoms with Crippen molar-refractivity contribution in [2.24, 2.45) is 0 Å². The molecule has 34 heavy (non-hydrogen) atoms. The highest BCUT2D eigenvalue weighted by molar-refractivity contribution is 5.91. The topological polar surface area (TPSA) is 101 Å². The van der Waals surface area contributed by atoms with Crippen LogP contribution >= 0.6 is 0 Å². The third-order valence-corrected chi connectivity index (χ3v) is 5.48. The molecule has 1 fully saturated rings. The van der Waals surface area contributed by atoms with Gasteiger partial charge >= 0.3 is 6.18 Å². The minimum Gasteiger partial charge on any atom is -0.399 e. The zero-order chi connectivity index (χ0) is 24.5. The summed E-state index contributed by atoms with van der Waals surface area (Å²) >= 11 is 0. The molecule has 1 unspecified atom stereocenters. The zero-order valence-corrected chi connectivity index (χ0v) is 19.3. The summed E-state index contributed by atoms with van der Waals surface area (Å²) in [6.45, 7) is 8.37. The molecule has 1 aliphatic rings. The number of nitrogen functional groups attached to an aromatic ring is 1. The lowest BCUT2D eigenvalue weighted by Crippen LogP contribution is -2.36. The van der Waals surface area contributed by atoms with Crippen molar-refractivity contribution in [3.63, 3.8) is 0 Å². The van der Waals surface area contributed by atoms with E-state index in [0.717, 1.165) is 36.4 Å². The van der Waals surface area contributed by atoms with E-state index in [9.17, 15) is 13.2 Å². The Balaban J connectivity index is 1.73. The van der Waals surface area contributed by atoms with Crippen molar-refractivity contribution in [2.75, 3.05) is 47.6 Å². The van der Waals surface area contributed by atoms with E-state index < -0.39 is 17.8 Å². The Bertz CT molecular complexity index is 1160. The third-order valence-electron chi connectivity index (χ3n) is 5.48. The largest absolute Gasteiger partial charge is 0.416 e. The van der Waals surface area contributed by atoms with Crippen LogP contribution in [0.5, 0.6) is 0 Å². The number of nitrogens with one attached hydrogen (secondary N) is 2. The maximum absolute atomic E-state index is 13.3. The predicted octanol–water partition coefficient (Wildman–Crippen LogP) is 4.46. The maximum Gasteiger partial charge on any atom is 0.416 e. The summed E-state index contributed by atoms with van der Waals surface area (Å²) in [6.07, 6.45) is -2.80. The Morgan fingerprint density at radius 3 is 2.44 bits per heavy atom. The highest BCUT2D eigenvalue weighted by atomic mass is 19.4. The van der Waals surface area contributed by atoms with Crippen LogP contribution in [0.4, 0.5) is 36.4 Å². The Hall–Kier alpha value is -3.34. The van der Waals surface area contributed by atoms with Crippen molar-refractivity contribution < 1.29 is 17.9 Å². The molecular formula is C23H28F3N7O. The minimum atomic E-state index is -4.49.